The summed E-state index contributed by atoms with van der Waals surface area (Å²) in [5.74, 6) is 0.300. The van der Waals surface area contributed by atoms with Crippen LogP contribution in [0.4, 0.5) is 0 Å². The Kier molecular flexibility index (Phi) is 6.17. The molecular formula is C16H27N3O. The van der Waals surface area contributed by atoms with Gasteiger partial charge in [-0.25, -0.2) is 0 Å². The lowest BCUT2D eigenvalue weighted by Crippen LogP contribution is -2.57. The Morgan fingerprint density at radius 2 is 1.95 bits per heavy atom. The average molecular weight is 277 g/mol. The van der Waals surface area contributed by atoms with Gasteiger partial charge in [0.05, 0.1) is 0 Å². The second-order valence-corrected chi connectivity index (χ2v) is 5.81. The summed E-state index contributed by atoms with van der Waals surface area (Å²) in [4.78, 5) is 14.2. The van der Waals surface area contributed by atoms with E-state index >= 15 is 0 Å². The number of carbonyl (C=O) groups is 1. The van der Waals surface area contributed by atoms with E-state index < -0.39 is 5.54 Å². The highest BCUT2D eigenvalue weighted by Crippen LogP contribution is 2.22. The van der Waals surface area contributed by atoms with Crippen molar-refractivity contribution >= 4 is 5.91 Å². The quantitative estimate of drug-likeness (QED) is 0.758. The number of primary amides is 1. The second kappa shape index (κ2) is 7.41. The normalized spacial score (nSPS) is 14.5. The number of rotatable bonds is 8. The topological polar surface area (TPSA) is 58.4 Å². The number of benzene rings is 1. The first-order valence-corrected chi connectivity index (χ1v) is 7.15. The van der Waals surface area contributed by atoms with Gasteiger partial charge in [-0.15, -0.1) is 0 Å². The molecule has 0 bridgehead atoms. The van der Waals surface area contributed by atoms with E-state index in [0.717, 1.165) is 18.5 Å². The molecule has 0 aliphatic carbocycles. The molecule has 0 spiro atoms. The van der Waals surface area contributed by atoms with Gasteiger partial charge in [-0.3, -0.25) is 4.79 Å². The third-order valence-corrected chi connectivity index (χ3v) is 3.71. The molecule has 0 saturated carbocycles. The molecule has 0 aliphatic rings. The molecule has 1 unspecified atom stereocenters. The van der Waals surface area contributed by atoms with E-state index in [1.165, 1.54) is 0 Å². The lowest BCUT2D eigenvalue weighted by Gasteiger charge is -2.35. The third kappa shape index (κ3) is 4.05. The maximum Gasteiger partial charge on any atom is 0.243 e. The summed E-state index contributed by atoms with van der Waals surface area (Å²) in [5, 5.41) is 3.13. The van der Waals surface area contributed by atoms with Crippen molar-refractivity contribution in [2.75, 3.05) is 27.2 Å². The molecule has 0 radical (unpaired) electrons. The molecule has 4 nitrogen and oxygen atoms in total. The molecule has 1 aromatic rings. The highest BCUT2D eigenvalue weighted by atomic mass is 16.1. The van der Waals surface area contributed by atoms with Gasteiger partial charge in [0, 0.05) is 6.54 Å². The van der Waals surface area contributed by atoms with Crippen LogP contribution in [0.15, 0.2) is 30.3 Å². The van der Waals surface area contributed by atoms with Gasteiger partial charge in [0.15, 0.2) is 0 Å². The maximum atomic E-state index is 12.1. The Balaban J connectivity index is 2.93. The van der Waals surface area contributed by atoms with E-state index in [4.69, 9.17) is 5.73 Å². The minimum Gasteiger partial charge on any atom is -0.368 e. The second-order valence-electron chi connectivity index (χ2n) is 5.81. The van der Waals surface area contributed by atoms with Crippen LogP contribution in [0.5, 0.6) is 0 Å². The predicted molar refractivity (Wildman–Crippen MR) is 83.3 cm³/mol. The van der Waals surface area contributed by atoms with Crippen LogP contribution in [-0.2, 0) is 10.3 Å². The number of carbonyl (C=O) groups excluding carboxylic acids is 1. The van der Waals surface area contributed by atoms with Crippen molar-refractivity contribution in [3.63, 3.8) is 0 Å². The Morgan fingerprint density at radius 3 is 2.40 bits per heavy atom. The first-order chi connectivity index (χ1) is 9.42. The van der Waals surface area contributed by atoms with Gasteiger partial charge in [0.2, 0.25) is 5.91 Å². The van der Waals surface area contributed by atoms with Gasteiger partial charge >= 0.3 is 0 Å². The Bertz CT molecular complexity index is 419. The smallest absolute Gasteiger partial charge is 0.243 e. The fraction of sp³-hybridized carbons (Fsp3) is 0.562. The van der Waals surface area contributed by atoms with Gasteiger partial charge in [-0.05, 0) is 38.5 Å². The van der Waals surface area contributed by atoms with Crippen molar-refractivity contribution in [1.82, 2.24) is 10.2 Å². The molecule has 0 saturated heterocycles. The lowest BCUT2D eigenvalue weighted by atomic mass is 9.88. The number of nitrogens with one attached hydrogen (secondary N) is 1. The van der Waals surface area contributed by atoms with Crippen LogP contribution in [0.2, 0.25) is 0 Å². The number of nitrogens with zero attached hydrogens (tertiary/aromatic N) is 1. The number of hydrogen-bond acceptors (Lipinski definition) is 3. The molecule has 0 aliphatic heterocycles. The lowest BCUT2D eigenvalue weighted by molar-refractivity contribution is -0.125. The van der Waals surface area contributed by atoms with Gasteiger partial charge in [0.25, 0.3) is 0 Å². The van der Waals surface area contributed by atoms with Gasteiger partial charge in [0.1, 0.15) is 5.54 Å². The third-order valence-electron chi connectivity index (χ3n) is 3.71. The van der Waals surface area contributed by atoms with Gasteiger partial charge in [-0.1, -0.05) is 44.2 Å². The van der Waals surface area contributed by atoms with Crippen LogP contribution >= 0.6 is 0 Å². The van der Waals surface area contributed by atoms with E-state index in [9.17, 15) is 4.79 Å². The molecule has 4 heteroatoms. The Morgan fingerprint density at radius 1 is 1.35 bits per heavy atom. The molecule has 1 amide bonds. The number of amides is 1. The molecule has 0 fully saturated rings. The zero-order valence-corrected chi connectivity index (χ0v) is 13.0. The molecule has 20 heavy (non-hydrogen) atoms. The summed E-state index contributed by atoms with van der Waals surface area (Å²) in [6, 6.07) is 9.68. The van der Waals surface area contributed by atoms with Gasteiger partial charge < -0.3 is 16.0 Å². The summed E-state index contributed by atoms with van der Waals surface area (Å²) in [7, 11) is 3.81. The molecule has 1 aromatic carbocycles. The minimum atomic E-state index is -0.840. The Hall–Kier alpha value is -1.39. The van der Waals surface area contributed by atoms with Crippen molar-refractivity contribution < 1.29 is 4.79 Å². The SMILES string of the molecule is CNC(CN(C)CCC(C)C)(C(N)=O)c1ccccc1. The van der Waals surface area contributed by atoms with Crippen LogP contribution in [0.1, 0.15) is 25.8 Å². The summed E-state index contributed by atoms with van der Waals surface area (Å²) in [5.41, 5.74) is 5.76. The summed E-state index contributed by atoms with van der Waals surface area (Å²) in [6.45, 7) is 5.91. The molecule has 1 rings (SSSR count). The fourth-order valence-corrected chi connectivity index (χ4v) is 2.34. The van der Waals surface area contributed by atoms with E-state index in [2.05, 4.69) is 24.1 Å². The number of hydrogen-bond donors (Lipinski definition) is 2. The van der Waals surface area contributed by atoms with E-state index in [0.29, 0.717) is 12.5 Å². The van der Waals surface area contributed by atoms with Crippen molar-refractivity contribution in [3.8, 4) is 0 Å². The van der Waals surface area contributed by atoms with Crippen molar-refractivity contribution in [2.45, 2.75) is 25.8 Å². The fourth-order valence-electron chi connectivity index (χ4n) is 2.34. The zero-order valence-electron chi connectivity index (χ0n) is 13.0. The molecular weight excluding hydrogens is 250 g/mol. The standard InChI is InChI=1S/C16H27N3O/c1-13(2)10-11-19(4)12-16(18-3,15(17)20)14-8-6-5-7-9-14/h5-9,13,18H,10-12H2,1-4H3,(H2,17,20). The zero-order chi connectivity index (χ0) is 15.2. The van der Waals surface area contributed by atoms with E-state index in [-0.39, 0.29) is 5.91 Å². The molecule has 3 N–H and O–H groups in total. The average Bonchev–Trinajstić information content (AvgIpc) is 2.43. The molecule has 0 aromatic heterocycles. The summed E-state index contributed by atoms with van der Waals surface area (Å²) in [6.07, 6.45) is 1.10. The summed E-state index contributed by atoms with van der Waals surface area (Å²) >= 11 is 0. The van der Waals surface area contributed by atoms with Crippen molar-refractivity contribution in [3.05, 3.63) is 35.9 Å². The van der Waals surface area contributed by atoms with E-state index in [1.807, 2.05) is 37.4 Å². The monoisotopic (exact) mass is 277 g/mol. The van der Waals surface area contributed by atoms with Crippen LogP contribution in [-0.4, -0.2) is 38.0 Å². The predicted octanol–water partition coefficient (Wildman–Crippen LogP) is 1.56. The van der Waals surface area contributed by atoms with E-state index in [1.54, 1.807) is 7.05 Å². The van der Waals surface area contributed by atoms with Crippen LogP contribution < -0.4 is 11.1 Å². The highest BCUT2D eigenvalue weighted by molar-refractivity contribution is 5.86. The maximum absolute atomic E-state index is 12.1. The first-order valence-electron chi connectivity index (χ1n) is 7.15. The molecule has 0 heterocycles. The van der Waals surface area contributed by atoms with Crippen LogP contribution in [0.25, 0.3) is 0 Å². The van der Waals surface area contributed by atoms with Crippen LogP contribution in [0.3, 0.4) is 0 Å². The summed E-state index contributed by atoms with van der Waals surface area (Å²) < 4.78 is 0. The Labute approximate surface area is 122 Å². The molecule has 112 valence electrons. The van der Waals surface area contributed by atoms with Crippen molar-refractivity contribution in [1.29, 1.82) is 0 Å². The molecule has 1 atom stereocenters. The largest absolute Gasteiger partial charge is 0.368 e. The van der Waals surface area contributed by atoms with Gasteiger partial charge in [-0.2, -0.15) is 0 Å². The number of likely N-dealkylation sites (N-methyl/N-ethyl adjacent to an activating group) is 2. The van der Waals surface area contributed by atoms with Crippen molar-refractivity contribution in [2.24, 2.45) is 11.7 Å². The minimum absolute atomic E-state index is 0.345. The number of nitrogens with two attached hydrogens (primary N) is 1. The highest BCUT2D eigenvalue weighted by Gasteiger charge is 2.37. The van der Waals surface area contributed by atoms with Crippen LogP contribution in [0, 0.1) is 5.92 Å². The first kappa shape index (κ1) is 16.7.